The Bertz CT molecular complexity index is 324. The van der Waals surface area contributed by atoms with Gasteiger partial charge in [0.05, 0.1) is 12.2 Å². The van der Waals surface area contributed by atoms with Gasteiger partial charge in [0, 0.05) is 5.75 Å². The highest BCUT2D eigenvalue weighted by molar-refractivity contribution is 14.2. The topological polar surface area (TPSA) is 39.2 Å². The van der Waals surface area contributed by atoms with Gasteiger partial charge in [-0.25, -0.2) is 4.98 Å². The van der Waals surface area contributed by atoms with E-state index in [1.165, 1.54) is 0 Å². The second-order valence-corrected chi connectivity index (χ2v) is 5.19. The molecule has 0 aliphatic carbocycles. The van der Waals surface area contributed by atoms with Crippen LogP contribution in [0.1, 0.15) is 10.4 Å². The molecule has 0 bridgehead atoms. The highest BCUT2D eigenvalue weighted by Gasteiger charge is 2.05. The predicted octanol–water partition coefficient (Wildman–Crippen LogP) is 3.01. The number of carbonyl (C=O) groups excluding carboxylic acids is 1. The number of aromatic nitrogens is 1. The minimum atomic E-state index is 0.304. The zero-order valence-corrected chi connectivity index (χ0v) is 10.8. The summed E-state index contributed by atoms with van der Waals surface area (Å²) in [6, 6.07) is 3.15. The van der Waals surface area contributed by atoms with Crippen LogP contribution in [0, 0.1) is 0 Å². The second-order valence-electron chi connectivity index (χ2n) is 2.31. The van der Waals surface area contributed by atoms with Gasteiger partial charge in [0.25, 0.3) is 0 Å². The van der Waals surface area contributed by atoms with Gasteiger partial charge in [0.1, 0.15) is 5.15 Å². The molecule has 0 amide bonds. The molecule has 6 heteroatoms. The van der Waals surface area contributed by atoms with E-state index in [0.29, 0.717) is 29.5 Å². The first kappa shape index (κ1) is 12.1. The Balaban J connectivity index is 2.72. The number of pyridine rings is 1. The lowest BCUT2D eigenvalue weighted by atomic mass is 10.3. The maximum Gasteiger partial charge on any atom is 0.225 e. The molecule has 0 aliphatic rings. The Morgan fingerprint density at radius 3 is 3.07 bits per heavy atom. The molecule has 0 atom stereocenters. The SMILES string of the molecule is O=Cc1ccc(Cl)nc1OCCSI. The van der Waals surface area contributed by atoms with Crippen LogP contribution in [-0.2, 0) is 0 Å². The first-order chi connectivity index (χ1) is 6.77. The zero-order valence-electron chi connectivity index (χ0n) is 7.07. The zero-order chi connectivity index (χ0) is 10.4. The first-order valence-electron chi connectivity index (χ1n) is 3.76. The molecule has 0 radical (unpaired) electrons. The van der Waals surface area contributed by atoms with Crippen molar-refractivity contribution in [2.45, 2.75) is 0 Å². The number of hydrogen-bond acceptors (Lipinski definition) is 4. The van der Waals surface area contributed by atoms with Crippen molar-refractivity contribution in [1.29, 1.82) is 0 Å². The number of carbonyl (C=O) groups is 1. The first-order valence-corrected chi connectivity index (χ1v) is 7.66. The van der Waals surface area contributed by atoms with Crippen molar-refractivity contribution in [2.75, 3.05) is 12.4 Å². The van der Waals surface area contributed by atoms with Gasteiger partial charge in [-0.2, -0.15) is 0 Å². The Labute approximate surface area is 103 Å². The van der Waals surface area contributed by atoms with Crippen LogP contribution in [0.5, 0.6) is 5.88 Å². The van der Waals surface area contributed by atoms with E-state index in [1.807, 2.05) is 0 Å². The third-order valence-electron chi connectivity index (χ3n) is 1.38. The van der Waals surface area contributed by atoms with E-state index in [0.717, 1.165) is 5.75 Å². The normalized spacial score (nSPS) is 9.86. The van der Waals surface area contributed by atoms with Gasteiger partial charge >= 0.3 is 0 Å². The van der Waals surface area contributed by atoms with Gasteiger partial charge in [-0.05, 0) is 33.3 Å². The van der Waals surface area contributed by atoms with E-state index in [1.54, 1.807) is 21.1 Å². The molecular formula is C8H7ClINO2S. The summed E-state index contributed by atoms with van der Waals surface area (Å²) >= 11 is 7.85. The van der Waals surface area contributed by atoms with Crippen molar-refractivity contribution in [3.8, 4) is 5.88 Å². The third kappa shape index (κ3) is 3.62. The van der Waals surface area contributed by atoms with Gasteiger partial charge in [-0.3, -0.25) is 4.79 Å². The van der Waals surface area contributed by atoms with Crippen molar-refractivity contribution < 1.29 is 9.53 Å². The number of rotatable bonds is 5. The van der Waals surface area contributed by atoms with Gasteiger partial charge in [0.15, 0.2) is 6.29 Å². The van der Waals surface area contributed by atoms with Crippen LogP contribution in [0.25, 0.3) is 0 Å². The lowest BCUT2D eigenvalue weighted by Crippen LogP contribution is -2.03. The second kappa shape index (κ2) is 6.47. The fourth-order valence-corrected chi connectivity index (χ4v) is 1.63. The highest BCUT2D eigenvalue weighted by Crippen LogP contribution is 2.18. The predicted molar refractivity (Wildman–Crippen MR) is 66.6 cm³/mol. The van der Waals surface area contributed by atoms with Crippen molar-refractivity contribution in [3.05, 3.63) is 22.8 Å². The fraction of sp³-hybridized carbons (Fsp3) is 0.250. The van der Waals surface area contributed by atoms with E-state index >= 15 is 0 Å². The molecule has 0 spiro atoms. The summed E-state index contributed by atoms with van der Waals surface area (Å²) in [5.74, 6) is 1.14. The van der Waals surface area contributed by atoms with Crippen molar-refractivity contribution in [3.63, 3.8) is 0 Å². The number of aldehydes is 1. The Morgan fingerprint density at radius 1 is 1.64 bits per heavy atom. The molecule has 0 aliphatic heterocycles. The summed E-state index contributed by atoms with van der Waals surface area (Å²) in [6.45, 7) is 0.516. The van der Waals surface area contributed by atoms with Gasteiger partial charge in [-0.15, -0.1) is 0 Å². The molecule has 1 aromatic rings. The van der Waals surface area contributed by atoms with Crippen LogP contribution >= 0.6 is 41.7 Å². The van der Waals surface area contributed by atoms with Crippen LogP contribution in [0.3, 0.4) is 0 Å². The van der Waals surface area contributed by atoms with Crippen molar-refractivity contribution >= 4 is 48.0 Å². The molecular weight excluding hydrogens is 337 g/mol. The van der Waals surface area contributed by atoms with Crippen LogP contribution in [0.15, 0.2) is 12.1 Å². The van der Waals surface area contributed by atoms with E-state index in [4.69, 9.17) is 16.3 Å². The lowest BCUT2D eigenvalue weighted by molar-refractivity contribution is 0.111. The van der Waals surface area contributed by atoms with E-state index in [9.17, 15) is 4.79 Å². The molecule has 0 fully saturated rings. The van der Waals surface area contributed by atoms with Gasteiger partial charge in [0.2, 0.25) is 5.88 Å². The largest absolute Gasteiger partial charge is 0.476 e. The Hall–Kier alpha value is -0.0100. The van der Waals surface area contributed by atoms with E-state index < -0.39 is 0 Å². The summed E-state index contributed by atoms with van der Waals surface area (Å²) in [5.41, 5.74) is 0.424. The Morgan fingerprint density at radius 2 is 2.43 bits per heavy atom. The molecule has 0 aromatic carbocycles. The molecule has 0 saturated carbocycles. The van der Waals surface area contributed by atoms with Crippen LogP contribution in [0.2, 0.25) is 5.15 Å². The molecule has 76 valence electrons. The maximum atomic E-state index is 10.6. The lowest BCUT2D eigenvalue weighted by Gasteiger charge is -2.05. The quantitative estimate of drug-likeness (QED) is 0.357. The molecule has 1 heterocycles. The highest BCUT2D eigenvalue weighted by atomic mass is 127. The average Bonchev–Trinajstić information content (AvgIpc) is 2.19. The van der Waals surface area contributed by atoms with Gasteiger partial charge < -0.3 is 4.74 Å². The molecule has 14 heavy (non-hydrogen) atoms. The van der Waals surface area contributed by atoms with Crippen LogP contribution < -0.4 is 4.74 Å². The maximum absolute atomic E-state index is 10.6. The van der Waals surface area contributed by atoms with Crippen molar-refractivity contribution in [2.24, 2.45) is 0 Å². The van der Waals surface area contributed by atoms with Crippen LogP contribution in [-0.4, -0.2) is 23.6 Å². The summed E-state index contributed by atoms with van der Waals surface area (Å²) in [6.07, 6.45) is 0.704. The molecule has 1 rings (SSSR count). The minimum absolute atomic E-state index is 0.304. The molecule has 0 saturated heterocycles. The monoisotopic (exact) mass is 343 g/mol. The van der Waals surface area contributed by atoms with Crippen LogP contribution in [0.4, 0.5) is 0 Å². The molecule has 3 nitrogen and oxygen atoms in total. The van der Waals surface area contributed by atoms with Crippen molar-refractivity contribution in [1.82, 2.24) is 4.98 Å². The summed E-state index contributed by atoms with van der Waals surface area (Å²) in [7, 11) is 1.63. The number of hydrogen-bond donors (Lipinski definition) is 0. The van der Waals surface area contributed by atoms with Gasteiger partial charge in [-0.1, -0.05) is 20.5 Å². The van der Waals surface area contributed by atoms with E-state index in [-0.39, 0.29) is 0 Å². The smallest absolute Gasteiger partial charge is 0.225 e. The molecule has 0 N–H and O–H groups in total. The molecule has 1 aromatic heterocycles. The number of halogens is 2. The summed E-state index contributed by atoms with van der Waals surface area (Å²) in [4.78, 5) is 14.5. The Kier molecular flexibility index (Phi) is 5.57. The summed E-state index contributed by atoms with van der Waals surface area (Å²) in [5, 5.41) is 0.327. The molecule has 0 unspecified atom stereocenters. The average molecular weight is 344 g/mol. The minimum Gasteiger partial charge on any atom is -0.476 e. The standard InChI is InChI=1S/C8H7ClINO2S/c9-7-2-1-6(5-12)8(11-7)13-3-4-14-10/h1-2,5H,3-4H2. The third-order valence-corrected chi connectivity index (χ3v) is 3.23. The number of nitrogens with zero attached hydrogens (tertiary/aromatic N) is 1. The number of ether oxygens (including phenoxy) is 1. The summed E-state index contributed by atoms with van der Waals surface area (Å²) < 4.78 is 5.30. The van der Waals surface area contributed by atoms with E-state index in [2.05, 4.69) is 26.2 Å². The fourth-order valence-electron chi connectivity index (χ4n) is 0.804.